The van der Waals surface area contributed by atoms with Gasteiger partial charge in [0.1, 0.15) is 30.6 Å². The summed E-state index contributed by atoms with van der Waals surface area (Å²) in [4.78, 5) is 52.4. The van der Waals surface area contributed by atoms with Crippen LogP contribution in [0.3, 0.4) is 0 Å². The number of carboxylic acid groups (broad SMARTS) is 1. The number of ketones is 1. The van der Waals surface area contributed by atoms with Crippen LogP contribution in [-0.4, -0.2) is 82.0 Å². The van der Waals surface area contributed by atoms with Crippen LogP contribution >= 0.6 is 12.6 Å². The third kappa shape index (κ3) is 17.7. The van der Waals surface area contributed by atoms with Gasteiger partial charge in [0.15, 0.2) is 5.78 Å². The fourth-order valence-electron chi connectivity index (χ4n) is 7.07. The predicted octanol–water partition coefficient (Wildman–Crippen LogP) is 7.87. The number of hydrogen-bond donors (Lipinski definition) is 7. The van der Waals surface area contributed by atoms with Gasteiger partial charge in [0.05, 0.1) is 11.8 Å². The Labute approximate surface area is 379 Å². The average Bonchev–Trinajstić information content (AvgIpc) is 3.20. The monoisotopic (exact) mass is 883 g/mol. The number of aliphatic carboxylic acids is 1. The Hall–Kier alpha value is -5.37. The number of aliphatic hydroxyl groups is 1. The minimum Gasteiger partial charge on any atom is -0.480 e. The third-order valence-electron chi connectivity index (χ3n) is 10.9. The van der Waals surface area contributed by atoms with E-state index in [2.05, 4.69) is 36.8 Å². The van der Waals surface area contributed by atoms with E-state index in [1.807, 2.05) is 134 Å². The smallest absolute Gasteiger partial charge is 0.328 e. The summed E-state index contributed by atoms with van der Waals surface area (Å²) < 4.78 is 5.68. The highest BCUT2D eigenvalue weighted by Gasteiger charge is 2.38. The molecule has 0 aromatic heterocycles. The molecule has 0 heterocycles. The minimum absolute atomic E-state index is 0.0346. The Bertz CT molecular complexity index is 2120. The van der Waals surface area contributed by atoms with E-state index >= 15 is 0 Å². The Morgan fingerprint density at radius 1 is 0.857 bits per heavy atom. The number of aliphatic imine (C=N–C) groups is 1. The second-order valence-corrected chi connectivity index (χ2v) is 17.8. The van der Waals surface area contributed by atoms with Gasteiger partial charge in [-0.2, -0.15) is 12.6 Å². The van der Waals surface area contributed by atoms with Crippen LogP contribution in [0.15, 0.2) is 135 Å². The fourth-order valence-corrected chi connectivity index (χ4v) is 7.35. The Balaban J connectivity index is 1.96. The lowest BCUT2D eigenvalue weighted by atomic mass is 9.70. The lowest BCUT2D eigenvalue weighted by Gasteiger charge is -2.37. The zero-order valence-corrected chi connectivity index (χ0v) is 39.5. The summed E-state index contributed by atoms with van der Waals surface area (Å²) in [6, 6.07) is -1.95. The molecule has 0 aromatic rings. The van der Waals surface area contributed by atoms with Crippen LogP contribution in [0, 0.1) is 16.2 Å². The highest BCUT2D eigenvalue weighted by molar-refractivity contribution is 7.80. The van der Waals surface area contributed by atoms with Crippen LogP contribution in [0.1, 0.15) is 94.9 Å². The zero-order valence-electron chi connectivity index (χ0n) is 38.6. The number of carbonyl (C=O) groups excluding carboxylic acids is 3. The molecule has 1 amide bonds. The van der Waals surface area contributed by atoms with Gasteiger partial charge in [-0.15, -0.1) is 0 Å². The second kappa shape index (κ2) is 25.1. The van der Waals surface area contributed by atoms with Gasteiger partial charge >= 0.3 is 11.9 Å². The average molecular weight is 884 g/mol. The number of thiol groups is 1. The molecule has 0 aromatic carbocycles. The number of amides is 1. The van der Waals surface area contributed by atoms with Crippen molar-refractivity contribution in [3.8, 4) is 0 Å². The number of rotatable bonds is 20. The van der Waals surface area contributed by atoms with E-state index in [4.69, 9.17) is 26.7 Å². The zero-order chi connectivity index (χ0) is 47.7. The number of nitrogens with zero attached hydrogens (tertiary/aromatic N) is 1. The van der Waals surface area contributed by atoms with Gasteiger partial charge in [0.2, 0.25) is 5.91 Å². The largest absolute Gasteiger partial charge is 0.480 e. The molecule has 0 fully saturated rings. The van der Waals surface area contributed by atoms with E-state index in [0.29, 0.717) is 18.4 Å². The topological polar surface area (TPSA) is 218 Å². The van der Waals surface area contributed by atoms with Gasteiger partial charge in [-0.25, -0.2) is 0 Å². The Morgan fingerprint density at radius 3 is 1.84 bits per heavy atom. The summed E-state index contributed by atoms with van der Waals surface area (Å²) >= 11 is 4.20. The van der Waals surface area contributed by atoms with Crippen molar-refractivity contribution in [1.29, 1.82) is 5.41 Å². The summed E-state index contributed by atoms with van der Waals surface area (Å²) in [6.07, 6.45) is 27.1. The molecule has 4 unspecified atom stereocenters. The molecule has 2 rings (SSSR count). The molecule has 0 saturated heterocycles. The lowest BCUT2D eigenvalue weighted by molar-refractivity contribution is -0.145. The number of hydrogen-bond acceptors (Lipinski definition) is 10. The molecule has 0 aliphatic heterocycles. The number of esters is 1. The van der Waals surface area contributed by atoms with Crippen molar-refractivity contribution in [1.82, 2.24) is 5.32 Å². The van der Waals surface area contributed by atoms with Crippen LogP contribution in [0.25, 0.3) is 0 Å². The third-order valence-corrected chi connectivity index (χ3v) is 11.3. The van der Waals surface area contributed by atoms with E-state index in [1.54, 1.807) is 6.92 Å². The molecule has 8 N–H and O–H groups in total. The number of amidine groups is 1. The lowest BCUT2D eigenvalue weighted by Crippen LogP contribution is -2.46. The summed E-state index contributed by atoms with van der Waals surface area (Å²) in [5.74, 6) is -2.48. The molecule has 63 heavy (non-hydrogen) atoms. The number of allylic oxidation sites excluding steroid dienone is 20. The molecule has 4 atom stereocenters. The quantitative estimate of drug-likeness (QED) is 0.0208. The normalized spacial score (nSPS) is 21.8. The van der Waals surface area contributed by atoms with Crippen LogP contribution in [0.4, 0.5) is 0 Å². The van der Waals surface area contributed by atoms with Crippen LogP contribution in [-0.2, 0) is 23.9 Å². The van der Waals surface area contributed by atoms with Crippen molar-refractivity contribution in [2.45, 2.75) is 119 Å². The summed E-state index contributed by atoms with van der Waals surface area (Å²) in [7, 11) is 0. The standard InChI is InChI=1S/C50H69N5O7S/c1-31(15-11-12-16-32(2)18-14-20-34(4)22-24-38-36(6)46(59)41(56)27-49(38,7)8)17-13-19-33(3)21-23-37-35(5)45(52)42(28-50(37,9)10)62-44(58)29-54-47(53)40(30-63)55-43(57)26-25-39(51)48(60)61/h11-24,39-42,52,56,63H,25-30,51H2,1-10H3,(H2,53,54)(H,55,57)(H,60,61)/b12-11+,17-13+,18-14+,23-21+,24-22+,31-15+,32-16+,33-19+,34-20+,52-45?. The molecule has 12 nitrogen and oxygen atoms in total. The molecule has 0 spiro atoms. The van der Waals surface area contributed by atoms with Crippen molar-refractivity contribution < 1.29 is 34.1 Å². The molecule has 0 saturated carbocycles. The first-order valence-electron chi connectivity index (χ1n) is 21.1. The number of ether oxygens (including phenoxy) is 1. The fraction of sp³-hybridized carbons (Fsp3) is 0.440. The van der Waals surface area contributed by atoms with Gasteiger partial charge in [-0.3, -0.25) is 24.2 Å². The highest BCUT2D eigenvalue weighted by atomic mass is 32.1. The van der Waals surface area contributed by atoms with E-state index < -0.39 is 54.1 Å². The molecule has 13 heteroatoms. The molecule has 2 aliphatic rings. The van der Waals surface area contributed by atoms with E-state index in [0.717, 1.165) is 39.0 Å². The summed E-state index contributed by atoms with van der Waals surface area (Å²) in [6.45, 7) is 19.5. The van der Waals surface area contributed by atoms with Crippen LogP contribution in [0.2, 0.25) is 0 Å². The number of carboxylic acids is 1. The number of carbonyl (C=O) groups is 4. The maximum Gasteiger partial charge on any atom is 0.328 e. The first-order chi connectivity index (χ1) is 29.4. The molecule has 2 aliphatic carbocycles. The van der Waals surface area contributed by atoms with Crippen molar-refractivity contribution >= 4 is 47.8 Å². The predicted molar refractivity (Wildman–Crippen MR) is 259 cm³/mol. The number of nitrogens with two attached hydrogens (primary N) is 2. The van der Waals surface area contributed by atoms with Crippen LogP contribution < -0.4 is 16.8 Å². The van der Waals surface area contributed by atoms with E-state index in [1.165, 1.54) is 0 Å². The number of aliphatic hydroxyl groups excluding tert-OH is 1. The maximum absolute atomic E-state index is 12.8. The van der Waals surface area contributed by atoms with Crippen molar-refractivity contribution in [2.24, 2.45) is 27.3 Å². The first-order valence-corrected chi connectivity index (χ1v) is 21.7. The van der Waals surface area contributed by atoms with Gasteiger partial charge in [0.25, 0.3) is 0 Å². The summed E-state index contributed by atoms with van der Waals surface area (Å²) in [5, 5.41) is 30.4. The number of nitrogens with one attached hydrogen (secondary N) is 2. The molecular formula is C50H69N5O7S. The van der Waals surface area contributed by atoms with Gasteiger partial charge in [-0.1, -0.05) is 135 Å². The van der Waals surface area contributed by atoms with E-state index in [9.17, 15) is 24.3 Å². The number of Topliss-reactive ketones (excluding diaryl/α,β-unsaturated/α-hetero) is 1. The molecule has 0 bridgehead atoms. The SMILES string of the molecule is CC1=C(/C=C/C(C)=C/C=C/C(C)=C/C=C/C=C(C)/C=C/C=C(C)/C=C/C2=C(C)C(=O)C(O)CC2(C)C)C(C)(C)CC(OC(=O)CN=C(N)C(CS)NC(=O)CCC(N)C(=O)O)C1=N. The Morgan fingerprint density at radius 2 is 1.33 bits per heavy atom. The van der Waals surface area contributed by atoms with E-state index in [-0.39, 0.29) is 41.3 Å². The van der Waals surface area contributed by atoms with Crippen molar-refractivity contribution in [3.63, 3.8) is 0 Å². The second-order valence-electron chi connectivity index (χ2n) is 17.5. The van der Waals surface area contributed by atoms with Gasteiger partial charge < -0.3 is 37.1 Å². The maximum atomic E-state index is 12.8. The molecular weight excluding hydrogens is 815 g/mol. The first kappa shape index (κ1) is 53.8. The Kier molecular flexibility index (Phi) is 21.4. The van der Waals surface area contributed by atoms with Crippen molar-refractivity contribution in [2.75, 3.05) is 12.3 Å². The summed E-state index contributed by atoms with van der Waals surface area (Å²) in [5.41, 5.74) is 18.6. The molecule has 342 valence electrons. The van der Waals surface area contributed by atoms with Crippen molar-refractivity contribution in [3.05, 3.63) is 130 Å². The van der Waals surface area contributed by atoms with Crippen LogP contribution in [0.5, 0.6) is 0 Å². The van der Waals surface area contributed by atoms with Gasteiger partial charge in [-0.05, 0) is 93.9 Å². The minimum atomic E-state index is -1.20. The van der Waals surface area contributed by atoms with Gasteiger partial charge in [0, 0.05) is 12.2 Å². The highest BCUT2D eigenvalue weighted by Crippen LogP contribution is 2.41. The molecule has 0 radical (unpaired) electrons.